The molecule has 0 fully saturated rings. The molecule has 0 amide bonds. The zero-order valence-corrected chi connectivity index (χ0v) is 14.0. The smallest absolute Gasteiger partial charge is 0.374 e. The molecule has 0 radical (unpaired) electrons. The molecule has 0 spiro atoms. The topological polar surface area (TPSA) is 55.4 Å². The number of hydrogen-bond acceptors (Lipinski definition) is 6. The molecule has 0 aliphatic rings. The summed E-state index contributed by atoms with van der Waals surface area (Å²) in [6.45, 7) is 7.06. The molecule has 0 bridgehead atoms. The molecular weight excluding hydrogens is 272 g/mol. The van der Waals surface area contributed by atoms with Crippen molar-refractivity contribution in [2.75, 3.05) is 42.7 Å². The van der Waals surface area contributed by atoms with Crippen molar-refractivity contribution in [2.24, 2.45) is 0 Å². The lowest BCUT2D eigenvalue weighted by Gasteiger charge is -2.19. The predicted octanol–water partition coefficient (Wildman–Crippen LogP) is 1.18. The van der Waals surface area contributed by atoms with Gasteiger partial charge in [-0.05, 0) is 11.4 Å². The summed E-state index contributed by atoms with van der Waals surface area (Å²) in [5.41, 5.74) is 3.15. The van der Waals surface area contributed by atoms with Gasteiger partial charge in [0.2, 0.25) is 0 Å². The average Bonchev–Trinajstić information content (AvgIpc) is 2.46. The van der Waals surface area contributed by atoms with E-state index in [1.807, 2.05) is 0 Å². The molecule has 0 aliphatic carbocycles. The highest BCUT2D eigenvalue weighted by Gasteiger charge is 2.33. The second-order valence-electron chi connectivity index (χ2n) is 2.84. The Morgan fingerprint density at radius 1 is 0.556 bits per heavy atom. The van der Waals surface area contributed by atoms with Crippen LogP contribution in [0.15, 0.2) is 24.6 Å². The van der Waals surface area contributed by atoms with Crippen LogP contribution in [0.1, 0.15) is 0 Å². The van der Waals surface area contributed by atoms with Gasteiger partial charge in [0.05, 0.1) is 0 Å². The molecule has 0 heterocycles. The van der Waals surface area contributed by atoms with E-state index in [9.17, 15) is 0 Å². The molecule has 0 saturated carbocycles. The van der Waals surface area contributed by atoms with Crippen molar-refractivity contribution in [2.45, 2.75) is 0 Å². The summed E-state index contributed by atoms with van der Waals surface area (Å²) in [6, 6.07) is 0. The fourth-order valence-corrected chi connectivity index (χ4v) is 3.00. The lowest BCUT2D eigenvalue weighted by atomic mass is 11.3. The van der Waals surface area contributed by atoms with Crippen molar-refractivity contribution in [3.63, 3.8) is 0 Å². The van der Waals surface area contributed by atoms with Crippen LogP contribution in [0.4, 0.5) is 0 Å². The van der Waals surface area contributed by atoms with Gasteiger partial charge < -0.3 is 26.6 Å². The maximum absolute atomic E-state index is 4.96. The Balaban J connectivity index is 0. The van der Waals surface area contributed by atoms with Crippen LogP contribution >= 0.6 is 0 Å². The first-order valence-corrected chi connectivity index (χ1v) is 8.67. The van der Waals surface area contributed by atoms with Gasteiger partial charge in [-0.15, -0.1) is 0 Å². The van der Waals surface area contributed by atoms with Gasteiger partial charge in [-0.1, -0.05) is 13.2 Å². The van der Waals surface area contributed by atoms with Crippen molar-refractivity contribution >= 4 is 17.6 Å². The van der Waals surface area contributed by atoms with Gasteiger partial charge in [0.1, 0.15) is 0 Å². The normalized spacial score (nSPS) is 11.4. The molecule has 108 valence electrons. The minimum absolute atomic E-state index is 1.54. The van der Waals surface area contributed by atoms with Gasteiger partial charge in [-0.3, -0.25) is 0 Å². The summed E-state index contributed by atoms with van der Waals surface area (Å²) in [6.07, 6.45) is 0. The molecule has 0 unspecified atom stereocenters. The fourth-order valence-electron chi connectivity index (χ4n) is 1.00. The van der Waals surface area contributed by atoms with E-state index in [1.54, 1.807) is 54.1 Å². The van der Waals surface area contributed by atoms with Crippen LogP contribution < -0.4 is 0 Å². The van der Waals surface area contributed by atoms with E-state index in [0.29, 0.717) is 0 Å². The van der Waals surface area contributed by atoms with Gasteiger partial charge in [0.15, 0.2) is 0 Å². The quantitative estimate of drug-likeness (QED) is 0.627. The average molecular weight is 296 g/mol. The summed E-state index contributed by atoms with van der Waals surface area (Å²) in [5, 5.41) is 0. The summed E-state index contributed by atoms with van der Waals surface area (Å²) in [4.78, 5) is 0. The highest BCUT2D eigenvalue weighted by molar-refractivity contribution is 6.66. The Bertz CT molecular complexity index is 188. The lowest BCUT2D eigenvalue weighted by Crippen LogP contribution is -2.40. The van der Waals surface area contributed by atoms with Crippen LogP contribution in [0, 0.1) is 0 Å². The Kier molecular flexibility index (Phi) is 11.8. The molecule has 18 heavy (non-hydrogen) atoms. The van der Waals surface area contributed by atoms with E-state index in [1.165, 1.54) is 0 Å². The van der Waals surface area contributed by atoms with Crippen LogP contribution in [-0.4, -0.2) is 60.3 Å². The van der Waals surface area contributed by atoms with Crippen molar-refractivity contribution in [1.29, 1.82) is 0 Å². The molecular formula is C10H24O6Si2. The van der Waals surface area contributed by atoms with Gasteiger partial charge in [0.25, 0.3) is 0 Å². The molecule has 0 saturated heterocycles. The third kappa shape index (κ3) is 6.02. The monoisotopic (exact) mass is 296 g/mol. The first kappa shape index (κ1) is 20.0. The zero-order valence-electron chi connectivity index (χ0n) is 12.0. The van der Waals surface area contributed by atoms with Crippen molar-refractivity contribution in [3.05, 3.63) is 24.6 Å². The second kappa shape index (κ2) is 10.6. The van der Waals surface area contributed by atoms with Crippen molar-refractivity contribution in [3.8, 4) is 0 Å². The Hall–Kier alpha value is -0.326. The molecule has 6 nitrogen and oxygen atoms in total. The first-order valence-electron chi connectivity index (χ1n) is 5.07. The largest absolute Gasteiger partial charge is 0.528 e. The van der Waals surface area contributed by atoms with Crippen LogP contribution in [-0.2, 0) is 26.6 Å². The summed E-state index contributed by atoms with van der Waals surface area (Å²) in [5.74, 6) is 0. The fraction of sp³-hybridized carbons (Fsp3) is 0.600. The van der Waals surface area contributed by atoms with E-state index in [0.717, 1.165) is 0 Å². The Morgan fingerprint density at radius 2 is 0.722 bits per heavy atom. The van der Waals surface area contributed by atoms with Gasteiger partial charge in [-0.25, -0.2) is 0 Å². The molecule has 0 aromatic rings. The van der Waals surface area contributed by atoms with Gasteiger partial charge >= 0.3 is 17.6 Å². The van der Waals surface area contributed by atoms with E-state index in [4.69, 9.17) is 26.6 Å². The van der Waals surface area contributed by atoms with Crippen LogP contribution in [0.25, 0.3) is 0 Å². The highest BCUT2D eigenvalue weighted by atomic mass is 28.4. The molecule has 8 heteroatoms. The minimum atomic E-state index is -2.43. The second-order valence-corrected chi connectivity index (χ2v) is 8.52. The Morgan fingerprint density at radius 3 is 0.722 bits per heavy atom. The molecule has 0 rings (SSSR count). The lowest BCUT2D eigenvalue weighted by molar-refractivity contribution is 0.138. The first-order chi connectivity index (χ1) is 8.49. The third-order valence-corrected chi connectivity index (χ3v) is 6.62. The Labute approximate surface area is 112 Å². The summed E-state index contributed by atoms with van der Waals surface area (Å²) < 4.78 is 29.8. The SMILES string of the molecule is C=C[Si](OC)(OC)OC.C=C[Si](OC)(OC)OC. The van der Waals surface area contributed by atoms with Gasteiger partial charge in [-0.2, -0.15) is 0 Å². The summed E-state index contributed by atoms with van der Waals surface area (Å²) in [7, 11) is 4.40. The van der Waals surface area contributed by atoms with Crippen molar-refractivity contribution in [1.82, 2.24) is 0 Å². The standard InChI is InChI=1S/2C5H12O3Si/c2*1-5-9(6-2,7-3)8-4/h2*5H,1H2,2-4H3. The maximum atomic E-state index is 4.96. The predicted molar refractivity (Wildman–Crippen MR) is 74.0 cm³/mol. The van der Waals surface area contributed by atoms with Crippen LogP contribution in [0.5, 0.6) is 0 Å². The van der Waals surface area contributed by atoms with Crippen molar-refractivity contribution < 1.29 is 26.6 Å². The summed E-state index contributed by atoms with van der Waals surface area (Å²) >= 11 is 0. The molecule has 0 aromatic carbocycles. The molecule has 0 aromatic heterocycles. The molecule has 0 N–H and O–H groups in total. The molecule has 0 atom stereocenters. The minimum Gasteiger partial charge on any atom is -0.374 e. The van der Waals surface area contributed by atoms with Gasteiger partial charge in [0, 0.05) is 42.7 Å². The third-order valence-electron chi connectivity index (χ3n) is 2.21. The zero-order chi connectivity index (χ0) is 14.7. The number of hydrogen-bond donors (Lipinski definition) is 0. The number of rotatable bonds is 8. The maximum Gasteiger partial charge on any atom is 0.528 e. The van der Waals surface area contributed by atoms with Crippen LogP contribution in [0.3, 0.4) is 0 Å². The van der Waals surface area contributed by atoms with E-state index in [2.05, 4.69) is 13.2 Å². The van der Waals surface area contributed by atoms with E-state index >= 15 is 0 Å². The molecule has 0 aliphatic heterocycles. The highest BCUT2D eigenvalue weighted by Crippen LogP contribution is 2.05. The van der Waals surface area contributed by atoms with E-state index < -0.39 is 17.6 Å². The van der Waals surface area contributed by atoms with E-state index in [-0.39, 0.29) is 0 Å². The van der Waals surface area contributed by atoms with Crippen LogP contribution in [0.2, 0.25) is 0 Å².